The van der Waals surface area contributed by atoms with Crippen LogP contribution in [-0.4, -0.2) is 26.9 Å². The molecule has 0 fully saturated rings. The summed E-state index contributed by atoms with van der Waals surface area (Å²) in [5.41, 5.74) is 1.54. The molecule has 0 unspecified atom stereocenters. The molecule has 5 nitrogen and oxygen atoms in total. The number of nitrogens with one attached hydrogen (secondary N) is 1. The molecule has 2 heterocycles. The van der Waals surface area contributed by atoms with E-state index in [1.807, 2.05) is 18.2 Å². The van der Waals surface area contributed by atoms with Crippen molar-refractivity contribution >= 4 is 23.8 Å². The molecule has 0 radical (unpaired) electrons. The molecule has 0 saturated heterocycles. The zero-order valence-corrected chi connectivity index (χ0v) is 12.6. The van der Waals surface area contributed by atoms with Gasteiger partial charge >= 0.3 is 0 Å². The number of methoxy groups -OCH3 is 1. The van der Waals surface area contributed by atoms with Gasteiger partial charge in [-0.2, -0.15) is 5.10 Å². The van der Waals surface area contributed by atoms with Gasteiger partial charge in [-0.15, -0.1) is 0 Å². The SMILES string of the molecule is COc1ccc(Cl)c(-n2c(-c3cccnc3)n[nH]c2=S)c1. The van der Waals surface area contributed by atoms with Gasteiger partial charge in [0.15, 0.2) is 10.6 Å². The van der Waals surface area contributed by atoms with Crippen LogP contribution in [-0.2, 0) is 0 Å². The Morgan fingerprint density at radius 3 is 2.90 bits per heavy atom. The van der Waals surface area contributed by atoms with E-state index in [1.165, 1.54) is 0 Å². The number of ether oxygens (including phenoxy) is 1. The summed E-state index contributed by atoms with van der Waals surface area (Å²) in [6.07, 6.45) is 3.42. The zero-order valence-electron chi connectivity index (χ0n) is 11.1. The normalized spacial score (nSPS) is 10.6. The summed E-state index contributed by atoms with van der Waals surface area (Å²) >= 11 is 11.6. The van der Waals surface area contributed by atoms with Crippen LogP contribution in [0, 0.1) is 4.77 Å². The fourth-order valence-electron chi connectivity index (χ4n) is 2.00. The summed E-state index contributed by atoms with van der Waals surface area (Å²) < 4.78 is 7.45. The lowest BCUT2D eigenvalue weighted by Gasteiger charge is -2.10. The number of benzene rings is 1. The second-order valence-corrected chi connectivity index (χ2v) is 5.04. The predicted molar refractivity (Wildman–Crippen MR) is 83.5 cm³/mol. The van der Waals surface area contributed by atoms with Crippen LogP contribution in [0.15, 0.2) is 42.7 Å². The molecule has 0 aliphatic heterocycles. The Balaban J connectivity index is 2.25. The van der Waals surface area contributed by atoms with Crippen molar-refractivity contribution in [2.75, 3.05) is 7.11 Å². The van der Waals surface area contributed by atoms with Crippen molar-refractivity contribution in [3.05, 3.63) is 52.5 Å². The second kappa shape index (κ2) is 5.67. The maximum atomic E-state index is 6.30. The van der Waals surface area contributed by atoms with E-state index in [4.69, 9.17) is 28.6 Å². The molecule has 3 aromatic rings. The van der Waals surface area contributed by atoms with Gasteiger partial charge in [0.25, 0.3) is 0 Å². The number of aromatic nitrogens is 4. The number of hydrogen-bond donors (Lipinski definition) is 1. The van der Waals surface area contributed by atoms with Gasteiger partial charge in [0, 0.05) is 24.0 Å². The van der Waals surface area contributed by atoms with Crippen molar-refractivity contribution < 1.29 is 4.74 Å². The molecule has 1 N–H and O–H groups in total. The monoisotopic (exact) mass is 318 g/mol. The average molecular weight is 319 g/mol. The lowest BCUT2D eigenvalue weighted by molar-refractivity contribution is 0.414. The first kappa shape index (κ1) is 13.8. The molecular formula is C14H11ClN4OS. The van der Waals surface area contributed by atoms with Crippen LogP contribution in [0.3, 0.4) is 0 Å². The largest absolute Gasteiger partial charge is 0.497 e. The lowest BCUT2D eigenvalue weighted by Crippen LogP contribution is -1.99. The Morgan fingerprint density at radius 2 is 2.19 bits per heavy atom. The molecular weight excluding hydrogens is 308 g/mol. The van der Waals surface area contributed by atoms with Crippen molar-refractivity contribution in [1.82, 2.24) is 19.7 Å². The van der Waals surface area contributed by atoms with Crippen molar-refractivity contribution in [2.45, 2.75) is 0 Å². The quantitative estimate of drug-likeness (QED) is 0.749. The molecule has 0 aliphatic rings. The van der Waals surface area contributed by atoms with Crippen LogP contribution in [0.4, 0.5) is 0 Å². The van der Waals surface area contributed by atoms with E-state index in [0.29, 0.717) is 27.1 Å². The van der Waals surface area contributed by atoms with Crippen molar-refractivity contribution in [3.8, 4) is 22.8 Å². The summed E-state index contributed by atoms with van der Waals surface area (Å²) in [4.78, 5) is 4.10. The molecule has 0 atom stereocenters. The van der Waals surface area contributed by atoms with E-state index >= 15 is 0 Å². The molecule has 0 saturated carbocycles. The summed E-state index contributed by atoms with van der Waals surface area (Å²) in [6.45, 7) is 0. The molecule has 7 heteroatoms. The van der Waals surface area contributed by atoms with Gasteiger partial charge in [-0.25, -0.2) is 0 Å². The summed E-state index contributed by atoms with van der Waals surface area (Å²) in [6, 6.07) is 9.11. The Bertz CT molecular complexity index is 828. The highest BCUT2D eigenvalue weighted by Gasteiger charge is 2.14. The number of pyridine rings is 1. The highest BCUT2D eigenvalue weighted by atomic mass is 35.5. The van der Waals surface area contributed by atoms with E-state index in [1.54, 1.807) is 36.2 Å². The van der Waals surface area contributed by atoms with Crippen molar-refractivity contribution in [2.24, 2.45) is 0 Å². The average Bonchev–Trinajstić information content (AvgIpc) is 2.90. The molecule has 2 aromatic heterocycles. The van der Waals surface area contributed by atoms with Crippen LogP contribution in [0.5, 0.6) is 5.75 Å². The fourth-order valence-corrected chi connectivity index (χ4v) is 2.43. The van der Waals surface area contributed by atoms with Crippen LogP contribution >= 0.6 is 23.8 Å². The van der Waals surface area contributed by atoms with Crippen LogP contribution in [0.25, 0.3) is 17.1 Å². The molecule has 0 aliphatic carbocycles. The van der Waals surface area contributed by atoms with Crippen LogP contribution < -0.4 is 4.74 Å². The number of hydrogen-bond acceptors (Lipinski definition) is 4. The van der Waals surface area contributed by atoms with Crippen LogP contribution in [0.2, 0.25) is 5.02 Å². The minimum atomic E-state index is 0.448. The molecule has 0 spiro atoms. The van der Waals surface area contributed by atoms with E-state index in [9.17, 15) is 0 Å². The minimum absolute atomic E-state index is 0.448. The summed E-state index contributed by atoms with van der Waals surface area (Å²) in [7, 11) is 1.60. The van der Waals surface area contributed by atoms with Gasteiger partial charge in [-0.1, -0.05) is 11.6 Å². The predicted octanol–water partition coefficient (Wildman–Crippen LogP) is 3.65. The third-order valence-corrected chi connectivity index (χ3v) is 3.58. The first-order valence-corrected chi connectivity index (χ1v) is 6.91. The third-order valence-electron chi connectivity index (χ3n) is 2.99. The van der Waals surface area contributed by atoms with E-state index in [2.05, 4.69) is 15.2 Å². The standard InChI is InChI=1S/C14H11ClN4OS/c1-20-10-4-5-11(15)12(7-10)19-13(17-18-14(19)21)9-3-2-6-16-8-9/h2-8H,1H3,(H,18,21). The smallest absolute Gasteiger partial charge is 0.200 e. The lowest BCUT2D eigenvalue weighted by atomic mass is 10.2. The van der Waals surface area contributed by atoms with Gasteiger partial charge in [-0.3, -0.25) is 14.6 Å². The highest BCUT2D eigenvalue weighted by molar-refractivity contribution is 7.71. The Labute approximate surface area is 131 Å². The van der Waals surface area contributed by atoms with Crippen molar-refractivity contribution in [3.63, 3.8) is 0 Å². The first-order chi connectivity index (χ1) is 10.2. The highest BCUT2D eigenvalue weighted by Crippen LogP contribution is 2.29. The molecule has 21 heavy (non-hydrogen) atoms. The number of H-pyrrole nitrogens is 1. The van der Waals surface area contributed by atoms with Gasteiger partial charge < -0.3 is 4.74 Å². The molecule has 106 valence electrons. The van der Waals surface area contributed by atoms with Gasteiger partial charge in [0.1, 0.15) is 5.75 Å². The fraction of sp³-hybridized carbons (Fsp3) is 0.0714. The molecule has 1 aromatic carbocycles. The first-order valence-electron chi connectivity index (χ1n) is 6.12. The number of halogens is 1. The minimum Gasteiger partial charge on any atom is -0.497 e. The van der Waals surface area contributed by atoms with E-state index in [-0.39, 0.29) is 0 Å². The van der Waals surface area contributed by atoms with Gasteiger partial charge in [0.2, 0.25) is 0 Å². The van der Waals surface area contributed by atoms with Crippen LogP contribution in [0.1, 0.15) is 0 Å². The van der Waals surface area contributed by atoms with Gasteiger partial charge in [0.05, 0.1) is 17.8 Å². The van der Waals surface area contributed by atoms with Gasteiger partial charge in [-0.05, 0) is 36.5 Å². The van der Waals surface area contributed by atoms with E-state index in [0.717, 1.165) is 5.56 Å². The Hall–Kier alpha value is -2.18. The summed E-state index contributed by atoms with van der Waals surface area (Å²) in [5, 5.41) is 7.61. The topological polar surface area (TPSA) is 55.7 Å². The third kappa shape index (κ3) is 2.55. The van der Waals surface area contributed by atoms with Crippen molar-refractivity contribution in [1.29, 1.82) is 0 Å². The Morgan fingerprint density at radius 1 is 1.33 bits per heavy atom. The Kier molecular flexibility index (Phi) is 3.72. The second-order valence-electron chi connectivity index (χ2n) is 4.25. The molecule has 3 rings (SSSR count). The number of rotatable bonds is 3. The zero-order chi connectivity index (χ0) is 14.8. The molecule has 0 amide bonds. The summed E-state index contributed by atoms with van der Waals surface area (Å²) in [5.74, 6) is 1.33. The maximum Gasteiger partial charge on any atom is 0.200 e. The molecule has 0 bridgehead atoms. The van der Waals surface area contributed by atoms with E-state index < -0.39 is 0 Å². The number of nitrogens with zero attached hydrogens (tertiary/aromatic N) is 3. The number of aromatic amines is 1. The maximum absolute atomic E-state index is 6.30.